The molecule has 1 aromatic rings. The van der Waals surface area contributed by atoms with E-state index in [1.54, 1.807) is 0 Å². The Morgan fingerprint density at radius 1 is 1.35 bits per heavy atom. The van der Waals surface area contributed by atoms with Crippen LogP contribution in [0.5, 0.6) is 5.75 Å². The summed E-state index contributed by atoms with van der Waals surface area (Å²) in [7, 11) is 0. The predicted molar refractivity (Wildman–Crippen MR) is 83.1 cm³/mol. The van der Waals surface area contributed by atoms with Gasteiger partial charge in [0, 0.05) is 6.42 Å². The van der Waals surface area contributed by atoms with E-state index in [9.17, 15) is 0 Å². The van der Waals surface area contributed by atoms with E-state index in [1.165, 1.54) is 11.1 Å². The van der Waals surface area contributed by atoms with Gasteiger partial charge in [-0.15, -0.1) is 0 Å². The minimum atomic E-state index is -0.119. The number of benzene rings is 1. The molecule has 0 heterocycles. The van der Waals surface area contributed by atoms with Crippen molar-refractivity contribution in [2.45, 2.75) is 52.5 Å². The lowest BCUT2D eigenvalue weighted by Gasteiger charge is -2.14. The van der Waals surface area contributed by atoms with Crippen LogP contribution >= 0.6 is 0 Å². The molecule has 1 rings (SSSR count). The van der Waals surface area contributed by atoms with Crippen molar-refractivity contribution in [2.24, 2.45) is 0 Å². The Hall–Kier alpha value is -1.53. The molecule has 0 aliphatic carbocycles. The van der Waals surface area contributed by atoms with Crippen molar-refractivity contribution in [3.63, 3.8) is 0 Å². The van der Waals surface area contributed by atoms with Crippen LogP contribution in [0.25, 0.3) is 0 Å². The van der Waals surface area contributed by atoms with Gasteiger partial charge in [-0.2, -0.15) is 5.26 Å². The number of hydrogen-bond acceptors (Lipinski definition) is 3. The van der Waals surface area contributed by atoms with E-state index in [1.807, 2.05) is 6.07 Å². The highest BCUT2D eigenvalue weighted by Gasteiger charge is 2.07. The van der Waals surface area contributed by atoms with Crippen molar-refractivity contribution in [2.75, 3.05) is 13.2 Å². The number of hydrogen-bond donors (Lipinski definition) is 1. The molecule has 0 saturated heterocycles. The maximum atomic E-state index is 9.02. The van der Waals surface area contributed by atoms with Crippen LogP contribution in [0.2, 0.25) is 0 Å². The van der Waals surface area contributed by atoms with Gasteiger partial charge in [0.25, 0.3) is 0 Å². The van der Waals surface area contributed by atoms with Crippen molar-refractivity contribution in [3.05, 3.63) is 29.3 Å². The molecule has 0 aromatic heterocycles. The van der Waals surface area contributed by atoms with Crippen LogP contribution in [-0.4, -0.2) is 19.2 Å². The monoisotopic (exact) mass is 274 g/mol. The maximum absolute atomic E-state index is 9.02. The summed E-state index contributed by atoms with van der Waals surface area (Å²) in [6, 6.07) is 8.38. The summed E-state index contributed by atoms with van der Waals surface area (Å²) >= 11 is 0. The lowest BCUT2D eigenvalue weighted by atomic mass is 9.98. The molecule has 0 saturated carbocycles. The molecule has 0 aliphatic heterocycles. The average molecular weight is 274 g/mol. The number of nitrogens with one attached hydrogen (secondary N) is 1. The minimum Gasteiger partial charge on any atom is -0.493 e. The molecule has 1 unspecified atom stereocenters. The zero-order valence-corrected chi connectivity index (χ0v) is 13.1. The number of nitrogens with zero attached hydrogens (tertiary/aromatic N) is 1. The van der Waals surface area contributed by atoms with Crippen molar-refractivity contribution in [1.29, 1.82) is 5.26 Å². The molecular formula is C17H26N2O. The topological polar surface area (TPSA) is 45.0 Å². The average Bonchev–Trinajstić information content (AvgIpc) is 2.42. The SMILES string of the molecule is CCCNC(C#N)CCOc1ccc(C(C)C)c(C)c1. The number of rotatable bonds is 8. The fraction of sp³-hybridized carbons (Fsp3) is 0.588. The first-order chi connectivity index (χ1) is 9.58. The smallest absolute Gasteiger partial charge is 0.119 e. The Morgan fingerprint density at radius 2 is 2.10 bits per heavy atom. The molecule has 3 nitrogen and oxygen atoms in total. The summed E-state index contributed by atoms with van der Waals surface area (Å²) in [5, 5.41) is 12.2. The zero-order chi connectivity index (χ0) is 15.0. The van der Waals surface area contributed by atoms with E-state index in [-0.39, 0.29) is 6.04 Å². The summed E-state index contributed by atoms with van der Waals surface area (Å²) in [6.45, 7) is 10.0. The van der Waals surface area contributed by atoms with Crippen LogP contribution in [0.15, 0.2) is 18.2 Å². The molecule has 1 atom stereocenters. The molecule has 1 aromatic carbocycles. The highest BCUT2D eigenvalue weighted by molar-refractivity contribution is 5.36. The van der Waals surface area contributed by atoms with Gasteiger partial charge in [0.05, 0.1) is 18.7 Å². The van der Waals surface area contributed by atoms with Crippen molar-refractivity contribution < 1.29 is 4.74 Å². The molecule has 1 N–H and O–H groups in total. The van der Waals surface area contributed by atoms with Gasteiger partial charge in [0.2, 0.25) is 0 Å². The first kappa shape index (κ1) is 16.5. The van der Waals surface area contributed by atoms with E-state index in [4.69, 9.17) is 10.00 Å². The summed E-state index contributed by atoms with van der Waals surface area (Å²) in [5.41, 5.74) is 2.62. The van der Waals surface area contributed by atoms with Crippen LogP contribution in [-0.2, 0) is 0 Å². The third-order valence-electron chi connectivity index (χ3n) is 3.34. The standard InChI is InChI=1S/C17H26N2O/c1-5-9-19-15(12-18)8-10-20-16-6-7-17(13(2)3)14(4)11-16/h6-7,11,13,15,19H,5,8-10H2,1-4H3. The largest absolute Gasteiger partial charge is 0.493 e. The van der Waals surface area contributed by atoms with Crippen LogP contribution in [0.1, 0.15) is 50.7 Å². The van der Waals surface area contributed by atoms with E-state index >= 15 is 0 Å². The Kier molecular flexibility index (Phi) is 7.11. The second-order valence-electron chi connectivity index (χ2n) is 5.45. The fourth-order valence-electron chi connectivity index (χ4n) is 2.21. The zero-order valence-electron chi connectivity index (χ0n) is 13.1. The Bertz CT molecular complexity index is 449. The molecule has 0 aliphatic rings. The lowest BCUT2D eigenvalue weighted by Crippen LogP contribution is -2.29. The van der Waals surface area contributed by atoms with Gasteiger partial charge in [-0.1, -0.05) is 26.8 Å². The Labute approximate surface area is 123 Å². The molecule has 110 valence electrons. The van der Waals surface area contributed by atoms with Crippen LogP contribution in [0, 0.1) is 18.3 Å². The molecule has 0 radical (unpaired) electrons. The van der Waals surface area contributed by atoms with E-state index < -0.39 is 0 Å². The maximum Gasteiger partial charge on any atom is 0.119 e. The van der Waals surface area contributed by atoms with Gasteiger partial charge in [-0.05, 0) is 49.1 Å². The third kappa shape index (κ3) is 5.22. The van der Waals surface area contributed by atoms with Crippen molar-refractivity contribution in [3.8, 4) is 11.8 Å². The van der Waals surface area contributed by atoms with Gasteiger partial charge in [0.15, 0.2) is 0 Å². The molecule has 0 fully saturated rings. The van der Waals surface area contributed by atoms with E-state index in [0.717, 1.165) is 18.7 Å². The highest BCUT2D eigenvalue weighted by atomic mass is 16.5. The van der Waals surface area contributed by atoms with Gasteiger partial charge in [0.1, 0.15) is 5.75 Å². The Morgan fingerprint density at radius 3 is 2.65 bits per heavy atom. The van der Waals surface area contributed by atoms with E-state index in [2.05, 4.69) is 51.2 Å². The van der Waals surface area contributed by atoms with Crippen LogP contribution < -0.4 is 10.1 Å². The molecular weight excluding hydrogens is 248 g/mol. The third-order valence-corrected chi connectivity index (χ3v) is 3.34. The van der Waals surface area contributed by atoms with Gasteiger partial charge < -0.3 is 10.1 Å². The second-order valence-corrected chi connectivity index (χ2v) is 5.45. The summed E-state index contributed by atoms with van der Waals surface area (Å²) in [6.07, 6.45) is 1.75. The molecule has 3 heteroatoms. The molecule has 0 bridgehead atoms. The van der Waals surface area contributed by atoms with Crippen molar-refractivity contribution >= 4 is 0 Å². The molecule has 20 heavy (non-hydrogen) atoms. The minimum absolute atomic E-state index is 0.119. The summed E-state index contributed by atoms with van der Waals surface area (Å²) in [4.78, 5) is 0. The molecule has 0 amide bonds. The lowest BCUT2D eigenvalue weighted by molar-refractivity contribution is 0.297. The van der Waals surface area contributed by atoms with Crippen LogP contribution in [0.4, 0.5) is 0 Å². The van der Waals surface area contributed by atoms with E-state index in [0.29, 0.717) is 18.9 Å². The predicted octanol–water partition coefficient (Wildman–Crippen LogP) is 3.78. The fourth-order valence-corrected chi connectivity index (χ4v) is 2.21. The number of aryl methyl sites for hydroxylation is 1. The molecule has 0 spiro atoms. The van der Waals surface area contributed by atoms with Gasteiger partial charge >= 0.3 is 0 Å². The number of ether oxygens (including phenoxy) is 1. The normalized spacial score (nSPS) is 12.2. The first-order valence-electron chi connectivity index (χ1n) is 7.44. The summed E-state index contributed by atoms with van der Waals surface area (Å²) in [5.74, 6) is 1.42. The second kappa shape index (κ2) is 8.60. The van der Waals surface area contributed by atoms with Gasteiger partial charge in [-0.25, -0.2) is 0 Å². The Balaban J connectivity index is 2.46. The first-order valence-corrected chi connectivity index (χ1v) is 7.44. The van der Waals surface area contributed by atoms with Crippen LogP contribution in [0.3, 0.4) is 0 Å². The quantitative estimate of drug-likeness (QED) is 0.784. The number of nitriles is 1. The highest BCUT2D eigenvalue weighted by Crippen LogP contribution is 2.23. The van der Waals surface area contributed by atoms with Gasteiger partial charge in [-0.3, -0.25) is 0 Å². The summed E-state index contributed by atoms with van der Waals surface area (Å²) < 4.78 is 5.74. The van der Waals surface area contributed by atoms with Crippen molar-refractivity contribution in [1.82, 2.24) is 5.32 Å².